The molecule has 2 heterocycles. The number of nitrogens with zero attached hydrogens (tertiary/aromatic N) is 4. The summed E-state index contributed by atoms with van der Waals surface area (Å²) >= 11 is 1.35. The second-order valence-corrected chi connectivity index (χ2v) is 8.51. The first-order valence-electron chi connectivity index (χ1n) is 10.5. The van der Waals surface area contributed by atoms with Crippen molar-refractivity contribution >= 4 is 39.4 Å². The van der Waals surface area contributed by atoms with E-state index in [0.717, 1.165) is 40.7 Å². The van der Waals surface area contributed by atoms with Gasteiger partial charge in [0, 0.05) is 35.6 Å². The van der Waals surface area contributed by atoms with E-state index in [1.54, 1.807) is 6.08 Å². The number of carbonyl (C=O) groups is 1. The Labute approximate surface area is 190 Å². The lowest BCUT2D eigenvalue weighted by molar-refractivity contribution is -0.112. The molecule has 1 N–H and O–H groups in total. The van der Waals surface area contributed by atoms with Gasteiger partial charge in [0.1, 0.15) is 16.6 Å². The van der Waals surface area contributed by atoms with Crippen LogP contribution in [-0.2, 0) is 17.8 Å². The van der Waals surface area contributed by atoms with Crippen molar-refractivity contribution in [3.05, 3.63) is 82.5 Å². The van der Waals surface area contributed by atoms with Crippen LogP contribution in [-0.4, -0.2) is 20.7 Å². The maximum Gasteiger partial charge on any atom is 0.268 e. The third kappa shape index (κ3) is 4.93. The monoisotopic (exact) mass is 441 g/mol. The number of aryl methyl sites for hydroxylation is 1. The van der Waals surface area contributed by atoms with E-state index in [1.807, 2.05) is 54.7 Å². The average Bonchev–Trinajstić information content (AvgIpc) is 3.41. The first-order chi connectivity index (χ1) is 15.7. The number of fused-ring (bicyclic) bond motifs is 1. The number of para-hydroxylation sites is 1. The molecule has 32 heavy (non-hydrogen) atoms. The van der Waals surface area contributed by atoms with Gasteiger partial charge in [-0.15, -0.1) is 10.2 Å². The number of amides is 1. The number of hydrogen-bond donors (Lipinski definition) is 1. The van der Waals surface area contributed by atoms with Crippen molar-refractivity contribution in [3.8, 4) is 6.07 Å². The zero-order valence-electron chi connectivity index (χ0n) is 17.8. The molecule has 160 valence electrons. The number of nitrogens with one attached hydrogen (secondary N) is 1. The molecule has 0 radical (unpaired) electrons. The van der Waals surface area contributed by atoms with Gasteiger partial charge in [-0.2, -0.15) is 5.26 Å². The molecule has 0 aliphatic carbocycles. The number of anilines is 1. The number of carbonyl (C=O) groups excluding carboxylic acids is 1. The van der Waals surface area contributed by atoms with Crippen molar-refractivity contribution in [1.29, 1.82) is 5.26 Å². The van der Waals surface area contributed by atoms with Crippen molar-refractivity contribution in [3.63, 3.8) is 0 Å². The van der Waals surface area contributed by atoms with E-state index in [2.05, 4.69) is 39.1 Å². The van der Waals surface area contributed by atoms with Gasteiger partial charge in [-0.1, -0.05) is 73.2 Å². The molecule has 0 unspecified atom stereocenters. The van der Waals surface area contributed by atoms with Crippen LogP contribution < -0.4 is 5.32 Å². The van der Waals surface area contributed by atoms with Crippen LogP contribution in [0.5, 0.6) is 0 Å². The van der Waals surface area contributed by atoms with Gasteiger partial charge in [-0.3, -0.25) is 10.1 Å². The average molecular weight is 442 g/mol. The minimum absolute atomic E-state index is 0.0259. The third-order valence-electron chi connectivity index (χ3n) is 5.11. The number of hydrogen-bond acceptors (Lipinski definition) is 5. The maximum atomic E-state index is 12.7. The minimum atomic E-state index is -0.481. The lowest BCUT2D eigenvalue weighted by Gasteiger charge is -2.05. The van der Waals surface area contributed by atoms with Crippen LogP contribution in [0.1, 0.15) is 35.9 Å². The van der Waals surface area contributed by atoms with Crippen LogP contribution in [0, 0.1) is 11.3 Å². The molecule has 0 bridgehead atoms. The van der Waals surface area contributed by atoms with E-state index in [4.69, 9.17) is 0 Å². The summed E-state index contributed by atoms with van der Waals surface area (Å²) in [5, 5.41) is 22.8. The number of nitriles is 1. The molecule has 7 heteroatoms. The highest BCUT2D eigenvalue weighted by Crippen LogP contribution is 2.25. The summed E-state index contributed by atoms with van der Waals surface area (Å²) < 4.78 is 2.13. The summed E-state index contributed by atoms with van der Waals surface area (Å²) in [5.74, 6) is -0.481. The lowest BCUT2D eigenvalue weighted by atomic mass is 10.1. The summed E-state index contributed by atoms with van der Waals surface area (Å²) in [5.41, 5.74) is 3.07. The maximum absolute atomic E-state index is 12.7. The van der Waals surface area contributed by atoms with Crippen LogP contribution in [0.25, 0.3) is 17.0 Å². The van der Waals surface area contributed by atoms with Crippen LogP contribution >= 0.6 is 11.3 Å². The summed E-state index contributed by atoms with van der Waals surface area (Å²) in [4.78, 5) is 12.7. The molecular weight excluding hydrogens is 418 g/mol. The number of benzene rings is 2. The summed E-state index contributed by atoms with van der Waals surface area (Å²) in [6.45, 7) is 2.82. The van der Waals surface area contributed by atoms with Crippen LogP contribution in [0.4, 0.5) is 5.13 Å². The highest BCUT2D eigenvalue weighted by molar-refractivity contribution is 7.15. The Morgan fingerprint density at radius 1 is 1.16 bits per heavy atom. The van der Waals surface area contributed by atoms with Crippen LogP contribution in [0.15, 0.2) is 66.4 Å². The molecule has 0 atom stereocenters. The van der Waals surface area contributed by atoms with Gasteiger partial charge in [-0.25, -0.2) is 0 Å². The zero-order chi connectivity index (χ0) is 22.3. The smallest absolute Gasteiger partial charge is 0.268 e. The third-order valence-corrected chi connectivity index (χ3v) is 6.01. The quantitative estimate of drug-likeness (QED) is 0.292. The van der Waals surface area contributed by atoms with E-state index in [0.29, 0.717) is 11.7 Å². The number of unbranched alkanes of at least 4 members (excludes halogenated alkanes) is 1. The zero-order valence-corrected chi connectivity index (χ0v) is 18.6. The van der Waals surface area contributed by atoms with Gasteiger partial charge < -0.3 is 4.57 Å². The second kappa shape index (κ2) is 10.0. The summed E-state index contributed by atoms with van der Waals surface area (Å²) in [6, 6.07) is 20.2. The Kier molecular flexibility index (Phi) is 6.73. The largest absolute Gasteiger partial charge is 0.342 e. The molecule has 6 nitrogen and oxygen atoms in total. The second-order valence-electron chi connectivity index (χ2n) is 7.44. The van der Waals surface area contributed by atoms with Crippen LogP contribution in [0.2, 0.25) is 0 Å². The Bertz CT molecular complexity index is 1300. The van der Waals surface area contributed by atoms with E-state index in [1.165, 1.54) is 16.9 Å². The molecule has 2 aromatic carbocycles. The summed E-state index contributed by atoms with van der Waals surface area (Å²) in [6.07, 6.45) is 6.56. The normalized spacial score (nSPS) is 11.4. The SMILES string of the molecule is CCCCc1nnc(NC(=O)/C(C#N)=C\c2cn(Cc3ccccc3)c3ccccc23)s1. The van der Waals surface area contributed by atoms with Crippen molar-refractivity contribution in [2.75, 3.05) is 5.32 Å². The number of rotatable bonds is 8. The first-order valence-corrected chi connectivity index (χ1v) is 11.4. The van der Waals surface area contributed by atoms with E-state index < -0.39 is 5.91 Å². The van der Waals surface area contributed by atoms with E-state index in [9.17, 15) is 10.1 Å². The predicted molar refractivity (Wildman–Crippen MR) is 128 cm³/mol. The fourth-order valence-electron chi connectivity index (χ4n) is 3.50. The van der Waals surface area contributed by atoms with E-state index in [-0.39, 0.29) is 5.57 Å². The molecule has 1 amide bonds. The molecule has 0 saturated carbocycles. The number of aromatic nitrogens is 3. The Morgan fingerprint density at radius 3 is 2.72 bits per heavy atom. The minimum Gasteiger partial charge on any atom is -0.342 e. The van der Waals surface area contributed by atoms with Gasteiger partial charge in [0.25, 0.3) is 5.91 Å². The summed E-state index contributed by atoms with van der Waals surface area (Å²) in [7, 11) is 0. The van der Waals surface area contributed by atoms with Crippen molar-refractivity contribution < 1.29 is 4.79 Å². The molecule has 4 rings (SSSR count). The van der Waals surface area contributed by atoms with Gasteiger partial charge in [0.05, 0.1) is 0 Å². The fraction of sp³-hybridized carbons (Fsp3) is 0.200. The molecule has 0 spiro atoms. The van der Waals surface area contributed by atoms with Gasteiger partial charge in [0.15, 0.2) is 0 Å². The fourth-order valence-corrected chi connectivity index (χ4v) is 4.28. The Hall–Kier alpha value is -3.76. The molecule has 0 aliphatic rings. The highest BCUT2D eigenvalue weighted by atomic mass is 32.1. The molecule has 2 aromatic heterocycles. The standard InChI is InChI=1S/C25H23N5OS/c1-2-3-13-23-28-29-25(32-23)27-24(31)19(15-26)14-20-17-30(16-18-9-5-4-6-10-18)22-12-8-7-11-21(20)22/h4-12,14,17H,2-3,13,16H2,1H3,(H,27,29,31)/b19-14-. The molecule has 4 aromatic rings. The molecule has 0 saturated heterocycles. The first kappa shape index (κ1) is 21.5. The van der Waals surface area contributed by atoms with Gasteiger partial charge >= 0.3 is 0 Å². The van der Waals surface area contributed by atoms with Crippen molar-refractivity contribution in [1.82, 2.24) is 14.8 Å². The van der Waals surface area contributed by atoms with Gasteiger partial charge in [-0.05, 0) is 24.1 Å². The highest BCUT2D eigenvalue weighted by Gasteiger charge is 2.15. The Morgan fingerprint density at radius 2 is 1.94 bits per heavy atom. The molecule has 0 fully saturated rings. The predicted octanol–water partition coefficient (Wildman–Crippen LogP) is 5.43. The molecule has 0 aliphatic heterocycles. The Balaban J connectivity index is 1.59. The van der Waals surface area contributed by atoms with Crippen LogP contribution in [0.3, 0.4) is 0 Å². The topological polar surface area (TPSA) is 83.6 Å². The lowest BCUT2D eigenvalue weighted by Crippen LogP contribution is -2.13. The molecular formula is C25H23N5OS. The van der Waals surface area contributed by atoms with Crippen molar-refractivity contribution in [2.24, 2.45) is 0 Å². The van der Waals surface area contributed by atoms with E-state index >= 15 is 0 Å². The van der Waals surface area contributed by atoms with Crippen molar-refractivity contribution in [2.45, 2.75) is 32.7 Å². The van der Waals surface area contributed by atoms with Gasteiger partial charge in [0.2, 0.25) is 5.13 Å².